The third-order valence-corrected chi connectivity index (χ3v) is 5.53. The molecule has 0 unspecified atom stereocenters. The molecule has 2 heterocycles. The lowest BCUT2D eigenvalue weighted by Gasteiger charge is -2.32. The molecule has 1 aromatic heterocycles. The molecule has 0 aliphatic carbocycles. The van der Waals surface area contributed by atoms with Crippen molar-refractivity contribution in [2.24, 2.45) is 4.99 Å². The fraction of sp³-hybridized carbons (Fsp3) is 0.476. The molecule has 1 aromatic carbocycles. The van der Waals surface area contributed by atoms with E-state index in [4.69, 9.17) is 14.7 Å². The number of thiazole rings is 1. The molecule has 1 aliphatic rings. The maximum absolute atomic E-state index is 11.8. The standard InChI is InChI=1S/C21H29N5O2S.HI/c1-3-22-20(24-17-10-12-26(13-11-17)21(27)28-4-2)23-14-19-25-18(15-29-19)16-8-6-5-7-9-16;/h5-9,15,17H,3-4,10-14H2,1-2H3,(H2,22,23,24);1H. The van der Waals surface area contributed by atoms with Gasteiger partial charge in [0, 0.05) is 36.6 Å². The molecule has 0 radical (unpaired) electrons. The highest BCUT2D eigenvalue weighted by atomic mass is 127. The lowest BCUT2D eigenvalue weighted by molar-refractivity contribution is 0.0963. The Labute approximate surface area is 199 Å². The number of hydrogen-bond acceptors (Lipinski definition) is 5. The number of piperidine rings is 1. The van der Waals surface area contributed by atoms with Crippen molar-refractivity contribution in [3.8, 4) is 11.3 Å². The number of benzene rings is 1. The number of aromatic nitrogens is 1. The van der Waals surface area contributed by atoms with Gasteiger partial charge >= 0.3 is 6.09 Å². The average Bonchev–Trinajstić information content (AvgIpc) is 3.23. The number of nitrogens with one attached hydrogen (secondary N) is 2. The zero-order valence-corrected chi connectivity index (χ0v) is 20.6. The lowest BCUT2D eigenvalue weighted by atomic mass is 10.1. The van der Waals surface area contributed by atoms with Gasteiger partial charge in [0.15, 0.2) is 5.96 Å². The fourth-order valence-electron chi connectivity index (χ4n) is 3.21. The molecule has 0 bridgehead atoms. The molecule has 0 spiro atoms. The first kappa shape index (κ1) is 24.4. The highest BCUT2D eigenvalue weighted by Gasteiger charge is 2.24. The van der Waals surface area contributed by atoms with Crippen LogP contribution in [0.25, 0.3) is 11.3 Å². The van der Waals surface area contributed by atoms with E-state index in [0.717, 1.165) is 41.6 Å². The molecular weight excluding hydrogens is 513 g/mol. The van der Waals surface area contributed by atoms with E-state index in [1.807, 2.05) is 25.1 Å². The van der Waals surface area contributed by atoms with Crippen LogP contribution in [0.4, 0.5) is 4.79 Å². The maximum atomic E-state index is 11.8. The number of guanidine groups is 1. The van der Waals surface area contributed by atoms with Gasteiger partial charge in [-0.1, -0.05) is 30.3 Å². The smallest absolute Gasteiger partial charge is 0.409 e. The molecule has 1 saturated heterocycles. The summed E-state index contributed by atoms with van der Waals surface area (Å²) in [6.45, 7) is 7.02. The molecule has 1 amide bonds. The second-order valence-electron chi connectivity index (χ2n) is 6.79. The van der Waals surface area contributed by atoms with Gasteiger partial charge in [-0.25, -0.2) is 14.8 Å². The van der Waals surface area contributed by atoms with E-state index in [2.05, 4.69) is 35.1 Å². The normalized spacial score (nSPS) is 14.7. The first-order valence-electron chi connectivity index (χ1n) is 10.2. The third kappa shape index (κ3) is 7.12. The Hall–Kier alpha value is -1.88. The summed E-state index contributed by atoms with van der Waals surface area (Å²) in [7, 11) is 0. The minimum absolute atomic E-state index is 0. The zero-order chi connectivity index (χ0) is 20.5. The Morgan fingerprint density at radius 1 is 1.27 bits per heavy atom. The number of likely N-dealkylation sites (tertiary alicyclic amines) is 1. The summed E-state index contributed by atoms with van der Waals surface area (Å²) in [5.41, 5.74) is 2.11. The Kier molecular flexibility index (Phi) is 10.4. The minimum atomic E-state index is -0.218. The molecule has 2 N–H and O–H groups in total. The number of nitrogens with zero attached hydrogens (tertiary/aromatic N) is 3. The molecule has 0 saturated carbocycles. The van der Waals surface area contributed by atoms with Crippen molar-refractivity contribution < 1.29 is 9.53 Å². The van der Waals surface area contributed by atoms with E-state index in [1.165, 1.54) is 0 Å². The highest BCUT2D eigenvalue weighted by molar-refractivity contribution is 14.0. The fourth-order valence-corrected chi connectivity index (χ4v) is 3.93. The summed E-state index contributed by atoms with van der Waals surface area (Å²) >= 11 is 1.63. The molecule has 164 valence electrons. The van der Waals surface area contributed by atoms with Gasteiger partial charge in [0.1, 0.15) is 5.01 Å². The van der Waals surface area contributed by atoms with Gasteiger partial charge < -0.3 is 20.3 Å². The molecule has 9 heteroatoms. The number of hydrogen-bond donors (Lipinski definition) is 2. The van der Waals surface area contributed by atoms with Gasteiger partial charge in [-0.05, 0) is 26.7 Å². The summed E-state index contributed by atoms with van der Waals surface area (Å²) in [5.74, 6) is 0.790. The van der Waals surface area contributed by atoms with E-state index < -0.39 is 0 Å². The van der Waals surface area contributed by atoms with Gasteiger partial charge in [-0.15, -0.1) is 35.3 Å². The summed E-state index contributed by atoms with van der Waals surface area (Å²) in [6.07, 6.45) is 1.53. The Morgan fingerprint density at radius 3 is 2.67 bits per heavy atom. The second kappa shape index (κ2) is 12.7. The number of amides is 1. The largest absolute Gasteiger partial charge is 0.450 e. The molecule has 3 rings (SSSR count). The van der Waals surface area contributed by atoms with Gasteiger partial charge in [0.2, 0.25) is 0 Å². The molecular formula is C21H30IN5O2S. The van der Waals surface area contributed by atoms with Gasteiger partial charge in [-0.2, -0.15) is 0 Å². The van der Waals surface area contributed by atoms with Gasteiger partial charge in [0.05, 0.1) is 18.8 Å². The summed E-state index contributed by atoms with van der Waals surface area (Å²) in [6, 6.07) is 10.5. The summed E-state index contributed by atoms with van der Waals surface area (Å²) in [4.78, 5) is 23.0. The van der Waals surface area contributed by atoms with E-state index in [0.29, 0.717) is 26.2 Å². The van der Waals surface area contributed by atoms with Crippen LogP contribution in [0.3, 0.4) is 0 Å². The van der Waals surface area contributed by atoms with Crippen LogP contribution in [0.5, 0.6) is 0 Å². The molecule has 0 atom stereocenters. The molecule has 2 aromatic rings. The van der Waals surface area contributed by atoms with Crippen molar-refractivity contribution in [2.45, 2.75) is 39.3 Å². The molecule has 7 nitrogen and oxygen atoms in total. The quantitative estimate of drug-likeness (QED) is 0.326. The highest BCUT2D eigenvalue weighted by Crippen LogP contribution is 2.22. The van der Waals surface area contributed by atoms with Crippen molar-refractivity contribution in [3.05, 3.63) is 40.7 Å². The lowest BCUT2D eigenvalue weighted by Crippen LogP contribution is -2.49. The maximum Gasteiger partial charge on any atom is 0.409 e. The number of rotatable bonds is 6. The second-order valence-corrected chi connectivity index (χ2v) is 7.73. The van der Waals surface area contributed by atoms with Crippen LogP contribution >= 0.6 is 35.3 Å². The number of carbonyl (C=O) groups excluding carboxylic acids is 1. The van der Waals surface area contributed by atoms with Gasteiger partial charge in [-0.3, -0.25) is 0 Å². The Bertz CT molecular complexity index is 807. The van der Waals surface area contributed by atoms with E-state index in [9.17, 15) is 4.79 Å². The molecule has 30 heavy (non-hydrogen) atoms. The van der Waals surface area contributed by atoms with Crippen LogP contribution in [0.1, 0.15) is 31.7 Å². The SMILES string of the molecule is CCNC(=NCc1nc(-c2ccccc2)cs1)NC1CCN(C(=O)OCC)CC1.I. The van der Waals surface area contributed by atoms with Crippen LogP contribution in [-0.4, -0.2) is 54.2 Å². The minimum Gasteiger partial charge on any atom is -0.450 e. The molecule has 1 aliphatic heterocycles. The average molecular weight is 543 g/mol. The van der Waals surface area contributed by atoms with Crippen LogP contribution in [0.2, 0.25) is 0 Å². The monoisotopic (exact) mass is 543 g/mol. The van der Waals surface area contributed by atoms with E-state index >= 15 is 0 Å². The number of carbonyl (C=O) groups is 1. The van der Waals surface area contributed by atoms with Crippen LogP contribution < -0.4 is 10.6 Å². The Morgan fingerprint density at radius 2 is 2.00 bits per heavy atom. The topological polar surface area (TPSA) is 78.9 Å². The van der Waals surface area contributed by atoms with Crippen molar-refractivity contribution in [2.75, 3.05) is 26.2 Å². The predicted octanol–water partition coefficient (Wildman–Crippen LogP) is 4.10. The molecule has 1 fully saturated rings. The summed E-state index contributed by atoms with van der Waals surface area (Å²) < 4.78 is 5.08. The van der Waals surface area contributed by atoms with Crippen LogP contribution in [0.15, 0.2) is 40.7 Å². The van der Waals surface area contributed by atoms with Crippen molar-refractivity contribution in [1.29, 1.82) is 0 Å². The number of ether oxygens (including phenoxy) is 1. The number of aliphatic imine (C=N–C) groups is 1. The predicted molar refractivity (Wildman–Crippen MR) is 133 cm³/mol. The number of halogens is 1. The van der Waals surface area contributed by atoms with Crippen molar-refractivity contribution >= 4 is 47.4 Å². The van der Waals surface area contributed by atoms with Gasteiger partial charge in [0.25, 0.3) is 0 Å². The van der Waals surface area contributed by atoms with Crippen LogP contribution in [-0.2, 0) is 11.3 Å². The van der Waals surface area contributed by atoms with Crippen molar-refractivity contribution in [3.63, 3.8) is 0 Å². The van der Waals surface area contributed by atoms with Crippen molar-refractivity contribution in [1.82, 2.24) is 20.5 Å². The Balaban J connectivity index is 0.00000320. The van der Waals surface area contributed by atoms with E-state index in [-0.39, 0.29) is 36.1 Å². The third-order valence-electron chi connectivity index (χ3n) is 4.70. The summed E-state index contributed by atoms with van der Waals surface area (Å²) in [5, 5.41) is 9.86. The first-order valence-corrected chi connectivity index (χ1v) is 11.0. The van der Waals surface area contributed by atoms with Crippen LogP contribution in [0, 0.1) is 0 Å². The van der Waals surface area contributed by atoms with E-state index in [1.54, 1.807) is 16.2 Å². The first-order chi connectivity index (χ1) is 14.2. The zero-order valence-electron chi connectivity index (χ0n) is 17.5.